The Kier molecular flexibility index (Phi) is 5.67. The van der Waals surface area contributed by atoms with E-state index in [4.69, 9.17) is 11.6 Å². The zero-order chi connectivity index (χ0) is 19.5. The quantitative estimate of drug-likeness (QED) is 0.785. The minimum absolute atomic E-state index is 0.215. The molecular weight excluding hydrogens is 372 g/mol. The number of hydrogen-bond donors (Lipinski definition) is 2. The van der Waals surface area contributed by atoms with Crippen LogP contribution in [0.15, 0.2) is 58.2 Å². The van der Waals surface area contributed by atoms with Gasteiger partial charge < -0.3 is 4.98 Å². The second-order valence-electron chi connectivity index (χ2n) is 7.89. The Morgan fingerprint density at radius 1 is 1.00 bits per heavy atom. The zero-order valence-corrected chi connectivity index (χ0v) is 16.5. The molecule has 0 saturated heterocycles. The van der Waals surface area contributed by atoms with E-state index in [2.05, 4.69) is 34.3 Å². The molecule has 28 heavy (non-hydrogen) atoms. The first-order valence-corrected chi connectivity index (χ1v) is 10.4. The minimum atomic E-state index is -0.426. The summed E-state index contributed by atoms with van der Waals surface area (Å²) in [6.45, 7) is 0. The number of nitrogens with one attached hydrogen (secondary N) is 2. The molecule has 1 saturated carbocycles. The van der Waals surface area contributed by atoms with E-state index in [9.17, 15) is 9.59 Å². The highest BCUT2D eigenvalue weighted by Crippen LogP contribution is 2.40. The topological polar surface area (TPSA) is 65.7 Å². The summed E-state index contributed by atoms with van der Waals surface area (Å²) in [4.78, 5) is 29.9. The SMILES string of the molecule is O=c1[nH]c(C2CCC(C3C=CC=CC3)CC2)c(Cc2ccccc2Cl)c(=O)[nH]1. The largest absolute Gasteiger partial charge is 0.325 e. The van der Waals surface area contributed by atoms with E-state index < -0.39 is 5.69 Å². The first kappa shape index (κ1) is 19.0. The number of halogens is 1. The molecule has 2 N–H and O–H groups in total. The fraction of sp³-hybridized carbons (Fsp3) is 0.391. The highest BCUT2D eigenvalue weighted by molar-refractivity contribution is 6.31. The van der Waals surface area contributed by atoms with Crippen molar-refractivity contribution in [3.05, 3.63) is 91.3 Å². The molecule has 5 heteroatoms. The lowest BCUT2D eigenvalue weighted by Crippen LogP contribution is -2.31. The molecule has 0 radical (unpaired) electrons. The summed E-state index contributed by atoms with van der Waals surface area (Å²) in [6.07, 6.45) is 14.6. The van der Waals surface area contributed by atoms with Gasteiger partial charge in [-0.15, -0.1) is 0 Å². The summed E-state index contributed by atoms with van der Waals surface area (Å²) < 4.78 is 0. The molecule has 4 nitrogen and oxygen atoms in total. The third-order valence-electron chi connectivity index (χ3n) is 6.20. The van der Waals surface area contributed by atoms with E-state index in [1.807, 2.05) is 24.3 Å². The first-order chi connectivity index (χ1) is 13.6. The predicted octanol–water partition coefficient (Wildman–Crippen LogP) is 4.71. The molecule has 1 aromatic carbocycles. The minimum Gasteiger partial charge on any atom is -0.311 e. The molecule has 2 aliphatic rings. The number of benzene rings is 1. The van der Waals surface area contributed by atoms with Gasteiger partial charge in [0.05, 0.1) is 0 Å². The van der Waals surface area contributed by atoms with E-state index in [-0.39, 0.29) is 11.5 Å². The summed E-state index contributed by atoms with van der Waals surface area (Å²) in [6, 6.07) is 7.54. The number of aromatic nitrogens is 2. The van der Waals surface area contributed by atoms with Crippen LogP contribution in [-0.4, -0.2) is 9.97 Å². The first-order valence-electron chi connectivity index (χ1n) is 10.0. The van der Waals surface area contributed by atoms with Gasteiger partial charge in [0.1, 0.15) is 0 Å². The molecule has 1 aromatic heterocycles. The second kappa shape index (κ2) is 8.36. The Bertz CT molecular complexity index is 1010. The summed E-state index contributed by atoms with van der Waals surface area (Å²) in [7, 11) is 0. The lowest BCUT2D eigenvalue weighted by atomic mass is 9.72. The van der Waals surface area contributed by atoms with Gasteiger partial charge >= 0.3 is 5.69 Å². The Morgan fingerprint density at radius 2 is 1.79 bits per heavy atom. The van der Waals surface area contributed by atoms with Gasteiger partial charge in [-0.05, 0) is 61.5 Å². The molecule has 4 rings (SSSR count). The van der Waals surface area contributed by atoms with Crippen molar-refractivity contribution >= 4 is 11.6 Å². The summed E-state index contributed by atoms with van der Waals surface area (Å²) >= 11 is 6.30. The van der Waals surface area contributed by atoms with E-state index >= 15 is 0 Å². The molecular formula is C23H25ClN2O2. The third kappa shape index (κ3) is 4.07. The molecule has 2 aliphatic carbocycles. The highest BCUT2D eigenvalue weighted by atomic mass is 35.5. The fourth-order valence-electron chi connectivity index (χ4n) is 4.67. The Labute approximate surface area is 169 Å². The summed E-state index contributed by atoms with van der Waals surface area (Å²) in [5, 5.41) is 0.639. The van der Waals surface area contributed by atoms with Crippen LogP contribution in [0.5, 0.6) is 0 Å². The highest BCUT2D eigenvalue weighted by Gasteiger charge is 2.29. The molecule has 0 spiro atoms. The standard InChI is InChI=1S/C23H25ClN2O2/c24-20-9-5-4-8-18(20)14-19-21(25-23(28)26-22(19)27)17-12-10-16(11-13-17)15-6-2-1-3-7-15/h1-6,8-9,15-17H,7,10-14H2,(H2,25,26,27,28). The number of hydrogen-bond acceptors (Lipinski definition) is 2. The van der Waals surface area contributed by atoms with Crippen molar-refractivity contribution in [3.63, 3.8) is 0 Å². The third-order valence-corrected chi connectivity index (χ3v) is 6.57. The van der Waals surface area contributed by atoms with E-state index in [1.165, 1.54) is 0 Å². The van der Waals surface area contributed by atoms with Crippen LogP contribution in [0.25, 0.3) is 0 Å². The smallest absolute Gasteiger partial charge is 0.311 e. The van der Waals surface area contributed by atoms with Gasteiger partial charge in [0, 0.05) is 22.7 Å². The van der Waals surface area contributed by atoms with Gasteiger partial charge in [0.2, 0.25) is 0 Å². The van der Waals surface area contributed by atoms with E-state index in [0.29, 0.717) is 28.8 Å². The van der Waals surface area contributed by atoms with Gasteiger partial charge in [-0.3, -0.25) is 9.78 Å². The van der Waals surface area contributed by atoms with Gasteiger partial charge in [0.25, 0.3) is 5.56 Å². The molecule has 0 bridgehead atoms. The maximum atomic E-state index is 12.6. The maximum Gasteiger partial charge on any atom is 0.325 e. The van der Waals surface area contributed by atoms with Crippen LogP contribution in [0.2, 0.25) is 5.02 Å². The van der Waals surface area contributed by atoms with Crippen LogP contribution >= 0.6 is 11.6 Å². The van der Waals surface area contributed by atoms with Crippen molar-refractivity contribution in [1.29, 1.82) is 0 Å². The molecule has 1 unspecified atom stereocenters. The number of H-pyrrole nitrogens is 2. The Hall–Kier alpha value is -2.33. The van der Waals surface area contributed by atoms with Crippen molar-refractivity contribution in [2.45, 2.75) is 44.4 Å². The molecule has 0 aliphatic heterocycles. The monoisotopic (exact) mass is 396 g/mol. The van der Waals surface area contributed by atoms with Crippen molar-refractivity contribution in [2.24, 2.45) is 11.8 Å². The molecule has 2 aromatic rings. The van der Waals surface area contributed by atoms with Crippen LogP contribution in [-0.2, 0) is 6.42 Å². The van der Waals surface area contributed by atoms with Gasteiger partial charge in [-0.2, -0.15) is 0 Å². The van der Waals surface area contributed by atoms with Gasteiger partial charge in [-0.25, -0.2) is 4.79 Å². The molecule has 1 heterocycles. The summed E-state index contributed by atoms with van der Waals surface area (Å²) in [5.74, 6) is 1.51. The molecule has 0 amide bonds. The summed E-state index contributed by atoms with van der Waals surface area (Å²) in [5.41, 5.74) is 1.60. The molecule has 1 atom stereocenters. The van der Waals surface area contributed by atoms with Gasteiger partial charge in [0.15, 0.2) is 0 Å². The van der Waals surface area contributed by atoms with E-state index in [0.717, 1.165) is 43.4 Å². The second-order valence-corrected chi connectivity index (χ2v) is 8.30. The number of allylic oxidation sites excluding steroid dienone is 4. The van der Waals surface area contributed by atoms with Crippen LogP contribution in [0.1, 0.15) is 54.8 Å². The van der Waals surface area contributed by atoms with Crippen LogP contribution in [0, 0.1) is 11.8 Å². The van der Waals surface area contributed by atoms with Crippen LogP contribution in [0.3, 0.4) is 0 Å². The maximum absolute atomic E-state index is 12.6. The van der Waals surface area contributed by atoms with Gasteiger partial charge in [-0.1, -0.05) is 54.1 Å². The van der Waals surface area contributed by atoms with Crippen LogP contribution < -0.4 is 11.2 Å². The molecule has 1 fully saturated rings. The zero-order valence-electron chi connectivity index (χ0n) is 15.8. The normalized spacial score (nSPS) is 24.4. The number of rotatable bonds is 4. The molecule has 146 valence electrons. The van der Waals surface area contributed by atoms with Crippen molar-refractivity contribution in [3.8, 4) is 0 Å². The lowest BCUT2D eigenvalue weighted by molar-refractivity contribution is 0.262. The van der Waals surface area contributed by atoms with E-state index in [1.54, 1.807) is 0 Å². The fourth-order valence-corrected chi connectivity index (χ4v) is 4.87. The number of aromatic amines is 2. The lowest BCUT2D eigenvalue weighted by Gasteiger charge is -2.33. The van der Waals surface area contributed by atoms with Crippen molar-refractivity contribution in [1.82, 2.24) is 9.97 Å². The predicted molar refractivity (Wildman–Crippen MR) is 113 cm³/mol. The Morgan fingerprint density at radius 3 is 2.50 bits per heavy atom. The average Bonchev–Trinajstić information content (AvgIpc) is 2.72. The van der Waals surface area contributed by atoms with Crippen molar-refractivity contribution < 1.29 is 0 Å². The van der Waals surface area contributed by atoms with Crippen molar-refractivity contribution in [2.75, 3.05) is 0 Å². The Balaban J connectivity index is 1.57. The van der Waals surface area contributed by atoms with Crippen LogP contribution in [0.4, 0.5) is 0 Å². The average molecular weight is 397 g/mol.